The summed E-state index contributed by atoms with van der Waals surface area (Å²) >= 11 is 0. The summed E-state index contributed by atoms with van der Waals surface area (Å²) in [5.74, 6) is 1.36. The highest BCUT2D eigenvalue weighted by Crippen LogP contribution is 2.42. The molecule has 0 bridgehead atoms. The van der Waals surface area contributed by atoms with Gasteiger partial charge in [-0.2, -0.15) is 0 Å². The molecule has 0 aliphatic carbocycles. The minimum absolute atomic E-state index is 0.0609. The molecular formula is C26H23NO6. The van der Waals surface area contributed by atoms with Crippen molar-refractivity contribution in [3.05, 3.63) is 92.7 Å². The van der Waals surface area contributed by atoms with Gasteiger partial charge >= 0.3 is 0 Å². The van der Waals surface area contributed by atoms with Crippen molar-refractivity contribution in [2.75, 3.05) is 14.2 Å². The Hall–Kier alpha value is -4.00. The van der Waals surface area contributed by atoms with Crippen LogP contribution in [-0.2, 0) is 6.54 Å². The van der Waals surface area contributed by atoms with Crippen LogP contribution in [0.2, 0.25) is 0 Å². The molecule has 3 heterocycles. The molecule has 1 atom stereocenters. The molecule has 0 fully saturated rings. The highest BCUT2D eigenvalue weighted by Gasteiger charge is 2.43. The minimum Gasteiger partial charge on any atom is -0.493 e. The van der Waals surface area contributed by atoms with Crippen LogP contribution in [0.4, 0.5) is 0 Å². The normalized spacial score (nSPS) is 15.2. The highest BCUT2D eigenvalue weighted by molar-refractivity contribution is 5.99. The lowest BCUT2D eigenvalue weighted by atomic mass is 9.97. The van der Waals surface area contributed by atoms with E-state index in [4.69, 9.17) is 18.3 Å². The van der Waals surface area contributed by atoms with Gasteiger partial charge in [-0.25, -0.2) is 0 Å². The summed E-state index contributed by atoms with van der Waals surface area (Å²) in [6.07, 6.45) is 1.55. The maximum absolute atomic E-state index is 13.8. The first-order valence-corrected chi connectivity index (χ1v) is 10.6. The molecule has 1 amide bonds. The van der Waals surface area contributed by atoms with Crippen molar-refractivity contribution in [1.82, 2.24) is 4.90 Å². The Morgan fingerprint density at radius 3 is 2.48 bits per heavy atom. The summed E-state index contributed by atoms with van der Waals surface area (Å²) in [5, 5.41) is 0.462. The Morgan fingerprint density at radius 1 is 1.00 bits per heavy atom. The van der Waals surface area contributed by atoms with Crippen LogP contribution in [0.5, 0.6) is 11.5 Å². The van der Waals surface area contributed by atoms with Gasteiger partial charge in [0.1, 0.15) is 11.3 Å². The van der Waals surface area contributed by atoms with Gasteiger partial charge in [0.25, 0.3) is 5.91 Å². The maximum atomic E-state index is 13.8. The van der Waals surface area contributed by atoms with Gasteiger partial charge in [0, 0.05) is 0 Å². The average Bonchev–Trinajstić information content (AvgIpc) is 3.41. The quantitative estimate of drug-likeness (QED) is 0.440. The lowest BCUT2D eigenvalue weighted by Crippen LogP contribution is -2.29. The summed E-state index contributed by atoms with van der Waals surface area (Å²) in [6, 6.07) is 12.0. The number of carbonyl (C=O) groups excluding carboxylic acids is 1. The third kappa shape index (κ3) is 3.28. The molecule has 4 aromatic rings. The predicted octanol–water partition coefficient (Wildman–Crippen LogP) is 4.77. The van der Waals surface area contributed by atoms with Crippen LogP contribution in [0.15, 0.2) is 62.4 Å². The first-order valence-electron chi connectivity index (χ1n) is 10.6. The number of carbonyl (C=O) groups is 1. The van der Waals surface area contributed by atoms with Crippen LogP contribution in [0.25, 0.3) is 11.0 Å². The molecule has 2 aromatic carbocycles. The smallest absolute Gasteiger partial charge is 0.291 e. The van der Waals surface area contributed by atoms with E-state index in [1.807, 2.05) is 26.0 Å². The van der Waals surface area contributed by atoms with Gasteiger partial charge < -0.3 is 23.2 Å². The molecule has 33 heavy (non-hydrogen) atoms. The Bertz CT molecular complexity index is 1430. The molecule has 1 unspecified atom stereocenters. The molecule has 1 aliphatic heterocycles. The molecule has 168 valence electrons. The maximum Gasteiger partial charge on any atom is 0.291 e. The molecule has 7 nitrogen and oxygen atoms in total. The molecular weight excluding hydrogens is 422 g/mol. The standard InChI is InChI=1S/C26H23NO6/c1-14-10-15(2)24-18(11-14)23(28)21-22(16-7-8-19(30-3)20(12-16)31-4)27(26(29)25(21)33-24)13-17-6-5-9-32-17/h5-12,22H,13H2,1-4H3. The van der Waals surface area contributed by atoms with Crippen molar-refractivity contribution < 1.29 is 23.1 Å². The Labute approximate surface area is 190 Å². The second-order valence-corrected chi connectivity index (χ2v) is 8.16. The van der Waals surface area contributed by atoms with Crippen LogP contribution >= 0.6 is 0 Å². The van der Waals surface area contributed by atoms with Crippen molar-refractivity contribution >= 4 is 16.9 Å². The second kappa shape index (κ2) is 7.85. The van der Waals surface area contributed by atoms with E-state index >= 15 is 0 Å². The zero-order valence-electron chi connectivity index (χ0n) is 18.8. The van der Waals surface area contributed by atoms with E-state index in [-0.39, 0.29) is 23.6 Å². The zero-order chi connectivity index (χ0) is 23.3. The van der Waals surface area contributed by atoms with Gasteiger partial charge in [0.2, 0.25) is 5.76 Å². The number of hydrogen-bond acceptors (Lipinski definition) is 6. The molecule has 0 spiro atoms. The summed E-state index contributed by atoms with van der Waals surface area (Å²) in [6.45, 7) is 3.98. The molecule has 0 saturated heterocycles. The fraction of sp³-hybridized carbons (Fsp3) is 0.231. The first kappa shape index (κ1) is 20.9. The van der Waals surface area contributed by atoms with Crippen LogP contribution in [-0.4, -0.2) is 25.0 Å². The van der Waals surface area contributed by atoms with E-state index in [0.29, 0.717) is 39.4 Å². The minimum atomic E-state index is -0.668. The number of rotatable bonds is 5. The number of nitrogens with zero attached hydrogens (tertiary/aromatic N) is 1. The lowest BCUT2D eigenvalue weighted by molar-refractivity contribution is 0.0701. The van der Waals surface area contributed by atoms with E-state index < -0.39 is 6.04 Å². The van der Waals surface area contributed by atoms with E-state index in [2.05, 4.69) is 0 Å². The molecule has 2 aromatic heterocycles. The van der Waals surface area contributed by atoms with Crippen molar-refractivity contribution in [2.24, 2.45) is 0 Å². The predicted molar refractivity (Wildman–Crippen MR) is 122 cm³/mol. The SMILES string of the molecule is COc1ccc(C2c3c(oc4c(C)cc(C)cc4c3=O)C(=O)N2Cc2ccco2)cc1OC. The summed E-state index contributed by atoms with van der Waals surface area (Å²) in [7, 11) is 3.10. The second-order valence-electron chi connectivity index (χ2n) is 8.16. The number of aryl methyl sites for hydroxylation is 2. The van der Waals surface area contributed by atoms with Crippen LogP contribution in [0.3, 0.4) is 0 Å². The number of benzene rings is 2. The number of hydrogen-bond donors (Lipinski definition) is 0. The van der Waals surface area contributed by atoms with E-state index in [9.17, 15) is 9.59 Å². The average molecular weight is 445 g/mol. The van der Waals surface area contributed by atoms with E-state index in [1.165, 1.54) is 0 Å². The first-order chi connectivity index (χ1) is 15.9. The topological polar surface area (TPSA) is 82.1 Å². The summed E-state index contributed by atoms with van der Waals surface area (Å²) < 4.78 is 22.5. The molecule has 5 rings (SSSR count). The van der Waals surface area contributed by atoms with Gasteiger partial charge in [-0.15, -0.1) is 0 Å². The zero-order valence-corrected chi connectivity index (χ0v) is 18.8. The number of amides is 1. The van der Waals surface area contributed by atoms with E-state index in [0.717, 1.165) is 11.1 Å². The van der Waals surface area contributed by atoms with Crippen molar-refractivity contribution in [2.45, 2.75) is 26.4 Å². The van der Waals surface area contributed by atoms with Crippen LogP contribution < -0.4 is 14.9 Å². The highest BCUT2D eigenvalue weighted by atomic mass is 16.5. The van der Waals surface area contributed by atoms with Gasteiger partial charge in [-0.05, 0) is 60.9 Å². The van der Waals surface area contributed by atoms with Gasteiger partial charge in [0.15, 0.2) is 16.9 Å². The van der Waals surface area contributed by atoms with Crippen molar-refractivity contribution in [3.8, 4) is 11.5 Å². The summed E-state index contributed by atoms with van der Waals surface area (Å²) in [5.41, 5.74) is 3.01. The number of methoxy groups -OCH3 is 2. The van der Waals surface area contributed by atoms with Crippen molar-refractivity contribution in [1.29, 1.82) is 0 Å². The molecule has 1 aliphatic rings. The Balaban J connectivity index is 1.77. The number of fused-ring (bicyclic) bond motifs is 2. The lowest BCUT2D eigenvalue weighted by Gasteiger charge is -2.25. The summed E-state index contributed by atoms with van der Waals surface area (Å²) in [4.78, 5) is 28.9. The van der Waals surface area contributed by atoms with E-state index in [1.54, 1.807) is 55.7 Å². The third-order valence-electron chi connectivity index (χ3n) is 6.03. The molecule has 0 saturated carbocycles. The van der Waals surface area contributed by atoms with Crippen LogP contribution in [0, 0.1) is 13.8 Å². The van der Waals surface area contributed by atoms with Crippen LogP contribution in [0.1, 0.15) is 44.6 Å². The van der Waals surface area contributed by atoms with Gasteiger partial charge in [0.05, 0.1) is 44.0 Å². The third-order valence-corrected chi connectivity index (χ3v) is 6.03. The number of ether oxygens (including phenoxy) is 2. The molecule has 0 N–H and O–H groups in total. The Kier molecular flexibility index (Phi) is 4.96. The fourth-order valence-electron chi connectivity index (χ4n) is 4.58. The molecule has 7 heteroatoms. The Morgan fingerprint density at radius 2 is 1.79 bits per heavy atom. The fourth-order valence-corrected chi connectivity index (χ4v) is 4.58. The molecule has 0 radical (unpaired) electrons. The monoisotopic (exact) mass is 445 g/mol. The van der Waals surface area contributed by atoms with Gasteiger partial charge in [-0.3, -0.25) is 9.59 Å². The van der Waals surface area contributed by atoms with Gasteiger partial charge in [-0.1, -0.05) is 12.1 Å². The largest absolute Gasteiger partial charge is 0.493 e. The number of furan rings is 1. The van der Waals surface area contributed by atoms with Crippen molar-refractivity contribution in [3.63, 3.8) is 0 Å².